The zero-order valence-electron chi connectivity index (χ0n) is 19.5. The molecule has 1 N–H and O–H groups in total. The second-order valence-corrected chi connectivity index (χ2v) is 9.05. The molecule has 7 heteroatoms. The van der Waals surface area contributed by atoms with Gasteiger partial charge in [0.2, 0.25) is 0 Å². The van der Waals surface area contributed by atoms with Crippen molar-refractivity contribution in [2.45, 2.75) is 19.3 Å². The second kappa shape index (κ2) is 10.4. The van der Waals surface area contributed by atoms with Crippen LogP contribution in [0.5, 0.6) is 0 Å². The SMILES string of the molecule is O=C1C(Nc2ccc(N3CCCCC3)cc2)=C(c2ccccc2)C(=O)N1CCN1CCOCC1. The van der Waals surface area contributed by atoms with Gasteiger partial charge in [-0.05, 0) is 49.1 Å². The van der Waals surface area contributed by atoms with E-state index in [9.17, 15) is 9.59 Å². The molecule has 0 atom stereocenters. The summed E-state index contributed by atoms with van der Waals surface area (Å²) in [4.78, 5) is 32.8. The minimum Gasteiger partial charge on any atom is -0.379 e. The maximum atomic E-state index is 13.4. The molecule has 2 saturated heterocycles. The largest absolute Gasteiger partial charge is 0.379 e. The predicted molar refractivity (Wildman–Crippen MR) is 133 cm³/mol. The lowest BCUT2D eigenvalue weighted by Crippen LogP contribution is -2.43. The lowest BCUT2D eigenvalue weighted by molar-refractivity contribution is -0.137. The summed E-state index contributed by atoms with van der Waals surface area (Å²) in [6.07, 6.45) is 3.75. The summed E-state index contributed by atoms with van der Waals surface area (Å²) in [7, 11) is 0. The summed E-state index contributed by atoms with van der Waals surface area (Å²) in [5.41, 5.74) is 3.54. The average Bonchev–Trinajstić information content (AvgIpc) is 3.13. The van der Waals surface area contributed by atoms with Crippen molar-refractivity contribution in [1.29, 1.82) is 0 Å². The number of amides is 2. The van der Waals surface area contributed by atoms with Gasteiger partial charge in [0.15, 0.2) is 0 Å². The van der Waals surface area contributed by atoms with Crippen LogP contribution in [0, 0.1) is 0 Å². The number of rotatable bonds is 7. The summed E-state index contributed by atoms with van der Waals surface area (Å²) in [5.74, 6) is -0.505. The topological polar surface area (TPSA) is 65.1 Å². The lowest BCUT2D eigenvalue weighted by Gasteiger charge is -2.29. The van der Waals surface area contributed by atoms with Crippen molar-refractivity contribution >= 4 is 28.8 Å². The van der Waals surface area contributed by atoms with E-state index in [1.165, 1.54) is 29.8 Å². The first kappa shape index (κ1) is 22.6. The first-order valence-electron chi connectivity index (χ1n) is 12.3. The van der Waals surface area contributed by atoms with Crippen LogP contribution in [0.4, 0.5) is 11.4 Å². The Morgan fingerprint density at radius 1 is 0.765 bits per heavy atom. The predicted octanol–water partition coefficient (Wildman–Crippen LogP) is 3.20. The first-order valence-corrected chi connectivity index (χ1v) is 12.3. The molecule has 0 aromatic heterocycles. The number of carbonyl (C=O) groups is 2. The van der Waals surface area contributed by atoms with Gasteiger partial charge in [0.05, 0.1) is 18.8 Å². The Bertz CT molecular complexity index is 1040. The minimum absolute atomic E-state index is 0.239. The number of carbonyl (C=O) groups excluding carboxylic acids is 2. The molecule has 3 aliphatic rings. The van der Waals surface area contributed by atoms with Gasteiger partial charge in [-0.1, -0.05) is 30.3 Å². The molecule has 34 heavy (non-hydrogen) atoms. The van der Waals surface area contributed by atoms with Crippen molar-refractivity contribution < 1.29 is 14.3 Å². The summed E-state index contributed by atoms with van der Waals surface area (Å²) in [6, 6.07) is 17.6. The van der Waals surface area contributed by atoms with Gasteiger partial charge < -0.3 is 15.0 Å². The third-order valence-electron chi connectivity index (χ3n) is 6.83. The Labute approximate surface area is 201 Å². The van der Waals surface area contributed by atoms with Gasteiger partial charge in [-0.25, -0.2) is 0 Å². The molecule has 0 spiro atoms. The lowest BCUT2D eigenvalue weighted by atomic mass is 10.0. The Morgan fingerprint density at radius 2 is 1.47 bits per heavy atom. The molecule has 7 nitrogen and oxygen atoms in total. The van der Waals surface area contributed by atoms with Crippen LogP contribution in [0.15, 0.2) is 60.3 Å². The zero-order valence-corrected chi connectivity index (χ0v) is 19.5. The molecule has 2 fully saturated rings. The molecule has 2 aromatic rings. The van der Waals surface area contributed by atoms with E-state index in [0.717, 1.165) is 37.4 Å². The molecule has 178 valence electrons. The number of morpholine rings is 1. The van der Waals surface area contributed by atoms with Crippen molar-refractivity contribution in [3.8, 4) is 0 Å². The van der Waals surface area contributed by atoms with E-state index >= 15 is 0 Å². The Morgan fingerprint density at radius 3 is 2.18 bits per heavy atom. The number of hydrogen-bond acceptors (Lipinski definition) is 6. The van der Waals surface area contributed by atoms with Gasteiger partial charge in [0.25, 0.3) is 11.8 Å². The standard InChI is InChI=1S/C27H32N4O3/c32-26-24(21-7-3-1-4-8-21)25(27(33)31(26)16-15-29-17-19-34-20-18-29)28-22-9-11-23(12-10-22)30-13-5-2-6-14-30/h1,3-4,7-12,28H,2,5-6,13-20H2. The summed E-state index contributed by atoms with van der Waals surface area (Å²) < 4.78 is 5.41. The molecule has 2 amide bonds. The fourth-order valence-corrected chi connectivity index (χ4v) is 4.89. The number of piperidine rings is 1. The van der Waals surface area contributed by atoms with Crippen LogP contribution in [0.1, 0.15) is 24.8 Å². The minimum atomic E-state index is -0.266. The van der Waals surface area contributed by atoms with Gasteiger partial charge >= 0.3 is 0 Å². The van der Waals surface area contributed by atoms with Gasteiger partial charge in [0, 0.05) is 50.6 Å². The van der Waals surface area contributed by atoms with Crippen molar-refractivity contribution in [2.75, 3.05) is 62.7 Å². The monoisotopic (exact) mass is 460 g/mol. The molecular weight excluding hydrogens is 428 g/mol. The van der Waals surface area contributed by atoms with E-state index in [-0.39, 0.29) is 11.8 Å². The summed E-state index contributed by atoms with van der Waals surface area (Å²) >= 11 is 0. The van der Waals surface area contributed by atoms with Crippen molar-refractivity contribution in [2.24, 2.45) is 0 Å². The van der Waals surface area contributed by atoms with Gasteiger partial charge in [-0.2, -0.15) is 0 Å². The van der Waals surface area contributed by atoms with Crippen LogP contribution >= 0.6 is 0 Å². The first-order chi connectivity index (χ1) is 16.7. The van der Waals surface area contributed by atoms with E-state index in [0.29, 0.717) is 37.6 Å². The number of ether oxygens (including phenoxy) is 1. The number of benzene rings is 2. The third kappa shape index (κ3) is 4.86. The maximum absolute atomic E-state index is 13.4. The van der Waals surface area contributed by atoms with Gasteiger partial charge in [-0.3, -0.25) is 19.4 Å². The number of nitrogens with zero attached hydrogens (tertiary/aromatic N) is 3. The number of hydrogen-bond donors (Lipinski definition) is 1. The van der Waals surface area contributed by atoms with Crippen LogP contribution in [0.2, 0.25) is 0 Å². The van der Waals surface area contributed by atoms with Crippen LogP contribution in [0.25, 0.3) is 5.57 Å². The third-order valence-corrected chi connectivity index (χ3v) is 6.83. The molecule has 0 saturated carbocycles. The van der Waals surface area contributed by atoms with Gasteiger partial charge in [-0.15, -0.1) is 0 Å². The van der Waals surface area contributed by atoms with E-state index < -0.39 is 0 Å². The van der Waals surface area contributed by atoms with Crippen LogP contribution in [-0.4, -0.2) is 74.1 Å². The number of anilines is 2. The molecule has 0 radical (unpaired) electrons. The Kier molecular flexibility index (Phi) is 6.92. The van der Waals surface area contributed by atoms with E-state index in [1.807, 2.05) is 42.5 Å². The average molecular weight is 461 g/mol. The number of nitrogens with one attached hydrogen (secondary N) is 1. The van der Waals surface area contributed by atoms with Crippen LogP contribution < -0.4 is 10.2 Å². The van der Waals surface area contributed by atoms with Crippen molar-refractivity contribution in [3.05, 3.63) is 65.9 Å². The molecular formula is C27H32N4O3. The molecule has 0 unspecified atom stereocenters. The highest BCUT2D eigenvalue weighted by atomic mass is 16.5. The normalized spacial score (nSPS) is 19.8. The quantitative estimate of drug-likeness (QED) is 0.641. The second-order valence-electron chi connectivity index (χ2n) is 9.05. The molecule has 0 bridgehead atoms. The van der Waals surface area contributed by atoms with Crippen molar-refractivity contribution in [1.82, 2.24) is 9.80 Å². The Hall–Kier alpha value is -3.16. The molecule has 0 aliphatic carbocycles. The fraction of sp³-hybridized carbons (Fsp3) is 0.407. The molecule has 2 aromatic carbocycles. The molecule has 5 rings (SSSR count). The van der Waals surface area contributed by atoms with E-state index in [4.69, 9.17) is 4.74 Å². The summed E-state index contributed by atoms with van der Waals surface area (Å²) in [6.45, 7) is 6.22. The van der Waals surface area contributed by atoms with E-state index in [1.54, 1.807) is 0 Å². The van der Waals surface area contributed by atoms with Crippen molar-refractivity contribution in [3.63, 3.8) is 0 Å². The van der Waals surface area contributed by atoms with Crippen LogP contribution in [0.3, 0.4) is 0 Å². The van der Waals surface area contributed by atoms with Crippen LogP contribution in [-0.2, 0) is 14.3 Å². The maximum Gasteiger partial charge on any atom is 0.278 e. The highest BCUT2D eigenvalue weighted by Crippen LogP contribution is 2.31. The zero-order chi connectivity index (χ0) is 23.3. The fourth-order valence-electron chi connectivity index (χ4n) is 4.89. The highest BCUT2D eigenvalue weighted by Gasteiger charge is 2.39. The molecule has 3 heterocycles. The number of imide groups is 1. The molecule has 3 aliphatic heterocycles. The van der Waals surface area contributed by atoms with Gasteiger partial charge in [0.1, 0.15) is 5.70 Å². The van der Waals surface area contributed by atoms with E-state index in [2.05, 4.69) is 27.2 Å². The highest BCUT2D eigenvalue weighted by molar-refractivity contribution is 6.36. The Balaban J connectivity index is 1.36. The summed E-state index contributed by atoms with van der Waals surface area (Å²) in [5, 5.41) is 3.28. The smallest absolute Gasteiger partial charge is 0.278 e.